The molecule has 2 nitrogen and oxygen atoms in total. The Kier molecular flexibility index (Phi) is 5.19. The molecule has 0 radical (unpaired) electrons. The SMILES string of the molecule is CC1CSCCN1CC1(CO)CCCCCC1. The van der Waals surface area contributed by atoms with Crippen LogP contribution in [-0.4, -0.2) is 47.3 Å². The minimum atomic E-state index is 0.215. The van der Waals surface area contributed by atoms with E-state index >= 15 is 0 Å². The summed E-state index contributed by atoms with van der Waals surface area (Å²) in [7, 11) is 0. The van der Waals surface area contributed by atoms with Crippen LogP contribution in [-0.2, 0) is 0 Å². The lowest BCUT2D eigenvalue weighted by Gasteiger charge is -2.41. The van der Waals surface area contributed by atoms with Gasteiger partial charge in [-0.1, -0.05) is 25.7 Å². The van der Waals surface area contributed by atoms with Crippen molar-refractivity contribution in [1.29, 1.82) is 0 Å². The highest BCUT2D eigenvalue weighted by Gasteiger charge is 2.34. The van der Waals surface area contributed by atoms with Crippen LogP contribution in [0.5, 0.6) is 0 Å². The number of aliphatic hydroxyl groups excluding tert-OH is 1. The number of nitrogens with zero attached hydrogens (tertiary/aromatic N) is 1. The van der Waals surface area contributed by atoms with E-state index in [0.29, 0.717) is 12.6 Å². The fourth-order valence-corrected chi connectivity index (χ4v) is 4.35. The summed E-state index contributed by atoms with van der Waals surface area (Å²) < 4.78 is 0. The molecule has 3 heteroatoms. The molecule has 0 aromatic carbocycles. The Balaban J connectivity index is 1.96. The number of rotatable bonds is 3. The van der Waals surface area contributed by atoms with Gasteiger partial charge in [0, 0.05) is 42.7 Å². The van der Waals surface area contributed by atoms with Crippen LogP contribution in [0.15, 0.2) is 0 Å². The molecular weight excluding hydrogens is 230 g/mol. The van der Waals surface area contributed by atoms with E-state index in [1.54, 1.807) is 0 Å². The molecule has 0 amide bonds. The van der Waals surface area contributed by atoms with Crippen LogP contribution in [0.2, 0.25) is 0 Å². The summed E-state index contributed by atoms with van der Waals surface area (Å²) in [5, 5.41) is 9.85. The van der Waals surface area contributed by atoms with Crippen LogP contribution in [0.25, 0.3) is 0 Å². The molecule has 1 N–H and O–H groups in total. The molecule has 0 aromatic rings. The molecule has 2 aliphatic rings. The first kappa shape index (κ1) is 13.7. The van der Waals surface area contributed by atoms with Gasteiger partial charge in [0.1, 0.15) is 0 Å². The number of hydrogen-bond donors (Lipinski definition) is 1. The van der Waals surface area contributed by atoms with Crippen LogP contribution in [0.3, 0.4) is 0 Å². The smallest absolute Gasteiger partial charge is 0.0499 e. The highest BCUT2D eigenvalue weighted by atomic mass is 32.2. The minimum absolute atomic E-state index is 0.215. The second-order valence-electron chi connectivity index (χ2n) is 5.97. The third kappa shape index (κ3) is 3.62. The van der Waals surface area contributed by atoms with Gasteiger partial charge in [-0.3, -0.25) is 4.90 Å². The Labute approximate surface area is 110 Å². The second kappa shape index (κ2) is 6.44. The molecule has 0 aromatic heterocycles. The van der Waals surface area contributed by atoms with Gasteiger partial charge in [0.2, 0.25) is 0 Å². The Hall–Kier alpha value is 0.270. The number of aliphatic hydroxyl groups is 1. The van der Waals surface area contributed by atoms with Gasteiger partial charge in [0.25, 0.3) is 0 Å². The maximum Gasteiger partial charge on any atom is 0.0499 e. The maximum absolute atomic E-state index is 9.85. The van der Waals surface area contributed by atoms with Gasteiger partial charge in [-0.2, -0.15) is 11.8 Å². The first-order valence-corrected chi connectivity index (χ1v) is 8.34. The third-order valence-corrected chi connectivity index (χ3v) is 5.73. The summed E-state index contributed by atoms with van der Waals surface area (Å²) in [5.41, 5.74) is 0.215. The summed E-state index contributed by atoms with van der Waals surface area (Å²) in [5.74, 6) is 2.54. The van der Waals surface area contributed by atoms with Crippen LogP contribution in [0.4, 0.5) is 0 Å². The van der Waals surface area contributed by atoms with Crippen molar-refractivity contribution in [2.75, 3.05) is 31.2 Å². The van der Waals surface area contributed by atoms with E-state index in [1.807, 2.05) is 0 Å². The zero-order chi connectivity index (χ0) is 12.1. The largest absolute Gasteiger partial charge is 0.396 e. The predicted octanol–water partition coefficient (Wildman–Crippen LogP) is 2.76. The predicted molar refractivity (Wildman–Crippen MR) is 75.6 cm³/mol. The molecule has 1 aliphatic heterocycles. The van der Waals surface area contributed by atoms with E-state index < -0.39 is 0 Å². The molecule has 1 aliphatic carbocycles. The normalized spacial score (nSPS) is 31.1. The molecular formula is C14H27NOS. The molecule has 2 fully saturated rings. The van der Waals surface area contributed by atoms with Crippen molar-refractivity contribution in [2.24, 2.45) is 5.41 Å². The van der Waals surface area contributed by atoms with Crippen molar-refractivity contribution in [1.82, 2.24) is 4.90 Å². The van der Waals surface area contributed by atoms with Gasteiger partial charge in [-0.15, -0.1) is 0 Å². The summed E-state index contributed by atoms with van der Waals surface area (Å²) in [6.45, 7) is 5.08. The fourth-order valence-electron chi connectivity index (χ4n) is 3.27. The van der Waals surface area contributed by atoms with Crippen molar-refractivity contribution in [3.8, 4) is 0 Å². The maximum atomic E-state index is 9.85. The summed E-state index contributed by atoms with van der Waals surface area (Å²) >= 11 is 2.08. The zero-order valence-corrected chi connectivity index (χ0v) is 12.0. The Bertz CT molecular complexity index is 226. The highest BCUT2D eigenvalue weighted by molar-refractivity contribution is 7.99. The quantitative estimate of drug-likeness (QED) is 0.787. The van der Waals surface area contributed by atoms with Crippen LogP contribution < -0.4 is 0 Å². The van der Waals surface area contributed by atoms with E-state index in [4.69, 9.17) is 0 Å². The lowest BCUT2D eigenvalue weighted by molar-refractivity contribution is 0.0496. The van der Waals surface area contributed by atoms with Crippen molar-refractivity contribution < 1.29 is 5.11 Å². The first-order chi connectivity index (χ1) is 8.26. The Morgan fingerprint density at radius 3 is 2.53 bits per heavy atom. The molecule has 2 rings (SSSR count). The van der Waals surface area contributed by atoms with E-state index in [-0.39, 0.29) is 5.41 Å². The van der Waals surface area contributed by atoms with E-state index in [0.717, 1.165) is 6.54 Å². The van der Waals surface area contributed by atoms with Gasteiger partial charge in [-0.05, 0) is 19.8 Å². The topological polar surface area (TPSA) is 23.5 Å². The van der Waals surface area contributed by atoms with Crippen molar-refractivity contribution in [3.05, 3.63) is 0 Å². The van der Waals surface area contributed by atoms with Gasteiger partial charge in [0.05, 0.1) is 0 Å². The molecule has 1 saturated carbocycles. The molecule has 100 valence electrons. The van der Waals surface area contributed by atoms with Gasteiger partial charge in [0.15, 0.2) is 0 Å². The van der Waals surface area contributed by atoms with Gasteiger partial charge >= 0.3 is 0 Å². The average Bonchev–Trinajstić information content (AvgIpc) is 2.58. The lowest BCUT2D eigenvalue weighted by atomic mass is 9.80. The molecule has 0 spiro atoms. The van der Waals surface area contributed by atoms with E-state index in [2.05, 4.69) is 23.6 Å². The monoisotopic (exact) mass is 257 g/mol. The second-order valence-corrected chi connectivity index (χ2v) is 7.12. The van der Waals surface area contributed by atoms with Crippen LogP contribution in [0.1, 0.15) is 45.4 Å². The Morgan fingerprint density at radius 2 is 1.94 bits per heavy atom. The molecule has 1 unspecified atom stereocenters. The standard InChI is InChI=1S/C14H27NOS/c1-13-10-17-9-8-15(13)11-14(12-16)6-4-2-3-5-7-14/h13,16H,2-12H2,1H3. The minimum Gasteiger partial charge on any atom is -0.396 e. The Morgan fingerprint density at radius 1 is 1.24 bits per heavy atom. The third-order valence-electron chi connectivity index (χ3n) is 4.54. The van der Waals surface area contributed by atoms with E-state index in [1.165, 1.54) is 56.6 Å². The molecule has 1 saturated heterocycles. The summed E-state index contributed by atoms with van der Waals surface area (Å²) in [6, 6.07) is 0.695. The zero-order valence-electron chi connectivity index (χ0n) is 11.2. The molecule has 1 heterocycles. The molecule has 1 atom stereocenters. The van der Waals surface area contributed by atoms with Gasteiger partial charge in [-0.25, -0.2) is 0 Å². The summed E-state index contributed by atoms with van der Waals surface area (Å²) in [6.07, 6.45) is 7.84. The van der Waals surface area contributed by atoms with Gasteiger partial charge < -0.3 is 5.11 Å². The van der Waals surface area contributed by atoms with Crippen molar-refractivity contribution in [2.45, 2.75) is 51.5 Å². The molecule has 17 heavy (non-hydrogen) atoms. The lowest BCUT2D eigenvalue weighted by Crippen LogP contribution is -2.48. The first-order valence-electron chi connectivity index (χ1n) is 7.18. The van der Waals surface area contributed by atoms with E-state index in [9.17, 15) is 5.11 Å². The fraction of sp³-hybridized carbons (Fsp3) is 1.00. The average molecular weight is 257 g/mol. The van der Waals surface area contributed by atoms with Crippen LogP contribution in [0, 0.1) is 5.41 Å². The number of thioether (sulfide) groups is 1. The number of hydrogen-bond acceptors (Lipinski definition) is 3. The van der Waals surface area contributed by atoms with Crippen molar-refractivity contribution in [3.63, 3.8) is 0 Å². The highest BCUT2D eigenvalue weighted by Crippen LogP contribution is 2.36. The molecule has 0 bridgehead atoms. The summed E-state index contributed by atoms with van der Waals surface area (Å²) in [4.78, 5) is 2.62. The van der Waals surface area contributed by atoms with Crippen LogP contribution >= 0.6 is 11.8 Å². The van der Waals surface area contributed by atoms with Crippen molar-refractivity contribution >= 4 is 11.8 Å².